The van der Waals surface area contributed by atoms with Crippen LogP contribution in [0.25, 0.3) is 0 Å². The molecule has 1 aromatic rings. The number of rotatable bonds is 3. The lowest BCUT2D eigenvalue weighted by Gasteiger charge is -1.99. The van der Waals surface area contributed by atoms with Crippen LogP contribution >= 0.6 is 23.4 Å². The summed E-state index contributed by atoms with van der Waals surface area (Å²) in [4.78, 5) is 8.03. The third-order valence-corrected chi connectivity index (χ3v) is 2.51. The Morgan fingerprint density at radius 1 is 1.64 bits per heavy atom. The molecule has 11 heavy (non-hydrogen) atoms. The largest absolute Gasteiger partial charge is 0.260 e. The number of hydrogen-bond donors (Lipinski definition) is 0. The standard InChI is InChI=1S/C7H9ClN2S/c1-6(8)5-11-7-4-9-2-3-10-7/h2-4,6H,5H2,1H3. The van der Waals surface area contributed by atoms with E-state index in [0.717, 1.165) is 10.8 Å². The Morgan fingerprint density at radius 2 is 2.45 bits per heavy atom. The minimum atomic E-state index is 0.182. The molecule has 2 nitrogen and oxygen atoms in total. The molecule has 0 aliphatic rings. The molecule has 1 unspecified atom stereocenters. The van der Waals surface area contributed by atoms with E-state index in [1.807, 2.05) is 6.92 Å². The summed E-state index contributed by atoms with van der Waals surface area (Å²) in [5.74, 6) is 0.875. The second-order valence-electron chi connectivity index (χ2n) is 2.14. The average Bonchev–Trinajstić information content (AvgIpc) is 2.03. The lowest BCUT2D eigenvalue weighted by atomic mass is 10.6. The van der Waals surface area contributed by atoms with Gasteiger partial charge < -0.3 is 0 Å². The van der Waals surface area contributed by atoms with Gasteiger partial charge in [0.05, 0.1) is 6.20 Å². The van der Waals surface area contributed by atoms with Crippen LogP contribution in [0.4, 0.5) is 0 Å². The second kappa shape index (κ2) is 4.57. The van der Waals surface area contributed by atoms with Crippen LogP contribution in [0, 0.1) is 0 Å². The molecule has 0 radical (unpaired) electrons. The van der Waals surface area contributed by atoms with E-state index in [-0.39, 0.29) is 5.38 Å². The van der Waals surface area contributed by atoms with Gasteiger partial charge in [0, 0.05) is 23.5 Å². The average molecular weight is 189 g/mol. The number of aromatic nitrogens is 2. The van der Waals surface area contributed by atoms with Gasteiger partial charge in [-0.3, -0.25) is 4.98 Å². The van der Waals surface area contributed by atoms with Crippen molar-refractivity contribution in [3.63, 3.8) is 0 Å². The number of halogens is 1. The highest BCUT2D eigenvalue weighted by Crippen LogP contribution is 2.15. The van der Waals surface area contributed by atoms with Gasteiger partial charge >= 0.3 is 0 Å². The third kappa shape index (κ3) is 3.58. The zero-order valence-corrected chi connectivity index (χ0v) is 7.77. The van der Waals surface area contributed by atoms with Gasteiger partial charge in [0.15, 0.2) is 0 Å². The van der Waals surface area contributed by atoms with Crippen LogP contribution in [-0.2, 0) is 0 Å². The van der Waals surface area contributed by atoms with Crippen LogP contribution in [0.1, 0.15) is 6.92 Å². The van der Waals surface area contributed by atoms with Crippen molar-refractivity contribution in [3.8, 4) is 0 Å². The molecule has 1 aromatic heterocycles. The smallest absolute Gasteiger partial charge is 0.114 e. The zero-order valence-electron chi connectivity index (χ0n) is 6.20. The van der Waals surface area contributed by atoms with Gasteiger partial charge in [0.2, 0.25) is 0 Å². The topological polar surface area (TPSA) is 25.8 Å². The van der Waals surface area contributed by atoms with Crippen molar-refractivity contribution in [3.05, 3.63) is 18.6 Å². The molecule has 0 bridgehead atoms. The highest BCUT2D eigenvalue weighted by Gasteiger charge is 1.98. The van der Waals surface area contributed by atoms with Gasteiger partial charge in [-0.25, -0.2) is 4.98 Å². The maximum atomic E-state index is 5.76. The molecule has 0 N–H and O–H groups in total. The molecule has 60 valence electrons. The second-order valence-corrected chi connectivity index (χ2v) is 3.92. The highest BCUT2D eigenvalue weighted by atomic mass is 35.5. The summed E-state index contributed by atoms with van der Waals surface area (Å²) >= 11 is 7.38. The Morgan fingerprint density at radius 3 is 3.00 bits per heavy atom. The summed E-state index contributed by atoms with van der Waals surface area (Å²) < 4.78 is 0. The SMILES string of the molecule is CC(Cl)CSc1cnccn1. The van der Waals surface area contributed by atoms with Crippen molar-refractivity contribution in [1.29, 1.82) is 0 Å². The summed E-state index contributed by atoms with van der Waals surface area (Å²) in [7, 11) is 0. The first-order chi connectivity index (χ1) is 5.29. The molecule has 0 saturated heterocycles. The maximum Gasteiger partial charge on any atom is 0.114 e. The summed E-state index contributed by atoms with van der Waals surface area (Å²) in [5.41, 5.74) is 0. The molecule has 1 atom stereocenters. The van der Waals surface area contributed by atoms with E-state index in [2.05, 4.69) is 9.97 Å². The first kappa shape index (κ1) is 8.81. The van der Waals surface area contributed by atoms with Gasteiger partial charge in [-0.05, 0) is 6.92 Å². The fraction of sp³-hybridized carbons (Fsp3) is 0.429. The molecule has 0 amide bonds. The van der Waals surface area contributed by atoms with Crippen LogP contribution in [0.15, 0.2) is 23.6 Å². The van der Waals surface area contributed by atoms with Crippen LogP contribution in [0.5, 0.6) is 0 Å². The highest BCUT2D eigenvalue weighted by molar-refractivity contribution is 7.99. The van der Waals surface area contributed by atoms with E-state index in [0.29, 0.717) is 0 Å². The van der Waals surface area contributed by atoms with Crippen LogP contribution in [-0.4, -0.2) is 21.1 Å². The van der Waals surface area contributed by atoms with Gasteiger partial charge in [-0.2, -0.15) is 0 Å². The molecular formula is C7H9ClN2S. The first-order valence-corrected chi connectivity index (χ1v) is 4.74. The lowest BCUT2D eigenvalue weighted by Crippen LogP contribution is -1.94. The first-order valence-electron chi connectivity index (χ1n) is 3.32. The van der Waals surface area contributed by atoms with E-state index < -0.39 is 0 Å². The number of nitrogens with zero attached hydrogens (tertiary/aromatic N) is 2. The Bertz CT molecular complexity index is 203. The fourth-order valence-corrected chi connectivity index (χ4v) is 1.42. The van der Waals surface area contributed by atoms with Crippen molar-refractivity contribution in [1.82, 2.24) is 9.97 Å². The van der Waals surface area contributed by atoms with Crippen molar-refractivity contribution >= 4 is 23.4 Å². The molecule has 0 fully saturated rings. The quantitative estimate of drug-likeness (QED) is 0.537. The summed E-state index contributed by atoms with van der Waals surface area (Å²) in [6.45, 7) is 1.96. The zero-order chi connectivity index (χ0) is 8.10. The van der Waals surface area contributed by atoms with Crippen molar-refractivity contribution in [2.75, 3.05) is 5.75 Å². The van der Waals surface area contributed by atoms with Crippen molar-refractivity contribution < 1.29 is 0 Å². The monoisotopic (exact) mass is 188 g/mol. The number of alkyl halides is 1. The maximum absolute atomic E-state index is 5.76. The predicted octanol–water partition coefficient (Wildman–Crippen LogP) is 2.20. The molecule has 0 aliphatic carbocycles. The lowest BCUT2D eigenvalue weighted by molar-refractivity contribution is 1.04. The van der Waals surface area contributed by atoms with Gasteiger partial charge in [0.25, 0.3) is 0 Å². The molecule has 4 heteroatoms. The molecule has 0 spiro atoms. The Kier molecular flexibility index (Phi) is 3.66. The van der Waals surface area contributed by atoms with Gasteiger partial charge in [0.1, 0.15) is 5.03 Å². The van der Waals surface area contributed by atoms with Crippen molar-refractivity contribution in [2.45, 2.75) is 17.3 Å². The number of thioether (sulfide) groups is 1. The minimum absolute atomic E-state index is 0.182. The van der Waals surface area contributed by atoms with Gasteiger partial charge in [-0.15, -0.1) is 23.4 Å². The van der Waals surface area contributed by atoms with E-state index in [1.54, 1.807) is 30.4 Å². The van der Waals surface area contributed by atoms with E-state index in [4.69, 9.17) is 11.6 Å². The number of hydrogen-bond acceptors (Lipinski definition) is 3. The molecule has 0 aromatic carbocycles. The molecule has 0 aliphatic heterocycles. The Hall–Kier alpha value is -0.280. The van der Waals surface area contributed by atoms with Crippen LogP contribution in [0.2, 0.25) is 0 Å². The summed E-state index contributed by atoms with van der Waals surface area (Å²) in [6.07, 6.45) is 5.08. The fourth-order valence-electron chi connectivity index (χ4n) is 0.560. The van der Waals surface area contributed by atoms with E-state index in [1.165, 1.54) is 0 Å². The molecule has 1 heterocycles. The minimum Gasteiger partial charge on any atom is -0.260 e. The summed E-state index contributed by atoms with van der Waals surface area (Å²) in [6, 6.07) is 0. The van der Waals surface area contributed by atoms with Crippen molar-refractivity contribution in [2.24, 2.45) is 0 Å². The van der Waals surface area contributed by atoms with E-state index >= 15 is 0 Å². The van der Waals surface area contributed by atoms with Crippen LogP contribution < -0.4 is 0 Å². The Balaban J connectivity index is 2.39. The van der Waals surface area contributed by atoms with Crippen LogP contribution in [0.3, 0.4) is 0 Å². The molecule has 0 saturated carbocycles. The third-order valence-electron chi connectivity index (χ3n) is 1.00. The van der Waals surface area contributed by atoms with E-state index in [9.17, 15) is 0 Å². The van der Waals surface area contributed by atoms with Gasteiger partial charge in [-0.1, -0.05) is 0 Å². The molecular weight excluding hydrogens is 180 g/mol. The normalized spacial score (nSPS) is 12.9. The Labute approximate surface area is 75.4 Å². The molecule has 1 rings (SSSR count). The predicted molar refractivity (Wildman–Crippen MR) is 48.1 cm³/mol. The summed E-state index contributed by atoms with van der Waals surface area (Å²) in [5, 5.41) is 1.11.